The van der Waals surface area contributed by atoms with Gasteiger partial charge in [-0.2, -0.15) is 0 Å². The highest BCUT2D eigenvalue weighted by Gasteiger charge is 2.26. The molecule has 32 heavy (non-hydrogen) atoms. The van der Waals surface area contributed by atoms with Crippen molar-refractivity contribution in [3.8, 4) is 0 Å². The first kappa shape index (κ1) is 27.4. The zero-order chi connectivity index (χ0) is 24.3. The fourth-order valence-electron chi connectivity index (χ4n) is 3.06. The molecule has 8 heteroatoms. The van der Waals surface area contributed by atoms with E-state index < -0.39 is 23.8 Å². The molecular formula is C24H40N4O4. The van der Waals surface area contributed by atoms with Crippen molar-refractivity contribution >= 4 is 17.9 Å². The molecule has 180 valence electrons. The number of hydrogen-bond acceptors (Lipinski definition) is 5. The van der Waals surface area contributed by atoms with Crippen LogP contribution in [0, 0.1) is 5.92 Å². The second-order valence-electron chi connectivity index (χ2n) is 9.29. The molecule has 8 nitrogen and oxygen atoms in total. The zero-order valence-electron chi connectivity index (χ0n) is 20.5. The summed E-state index contributed by atoms with van der Waals surface area (Å²) >= 11 is 0. The Morgan fingerprint density at radius 2 is 1.59 bits per heavy atom. The molecule has 0 saturated heterocycles. The normalized spacial score (nSPS) is 14.2. The minimum atomic E-state index is -0.605. The van der Waals surface area contributed by atoms with Crippen LogP contribution in [0.15, 0.2) is 30.3 Å². The second kappa shape index (κ2) is 13.1. The molecule has 0 fully saturated rings. The van der Waals surface area contributed by atoms with E-state index in [0.29, 0.717) is 19.5 Å². The van der Waals surface area contributed by atoms with Crippen molar-refractivity contribution in [2.24, 2.45) is 5.92 Å². The van der Waals surface area contributed by atoms with Gasteiger partial charge in [0.2, 0.25) is 11.8 Å². The van der Waals surface area contributed by atoms with Crippen molar-refractivity contribution in [3.05, 3.63) is 35.9 Å². The fourth-order valence-corrected chi connectivity index (χ4v) is 3.06. The van der Waals surface area contributed by atoms with Gasteiger partial charge in [0.25, 0.3) is 0 Å². The first-order valence-electron chi connectivity index (χ1n) is 11.3. The first-order chi connectivity index (χ1) is 14.9. The quantitative estimate of drug-likeness (QED) is 0.416. The van der Waals surface area contributed by atoms with Crippen molar-refractivity contribution in [3.63, 3.8) is 0 Å². The lowest BCUT2D eigenvalue weighted by Gasteiger charge is -2.26. The number of alkyl carbamates (subject to hydrolysis) is 1. The van der Waals surface area contributed by atoms with E-state index in [2.05, 4.69) is 21.3 Å². The first-order valence-corrected chi connectivity index (χ1v) is 11.3. The maximum absolute atomic E-state index is 12.7. The summed E-state index contributed by atoms with van der Waals surface area (Å²) in [5.41, 5.74) is 0.455. The van der Waals surface area contributed by atoms with E-state index in [1.54, 1.807) is 6.92 Å². The molecule has 1 rings (SSSR count). The van der Waals surface area contributed by atoms with E-state index in [1.807, 2.05) is 71.9 Å². The van der Waals surface area contributed by atoms with Gasteiger partial charge in [0, 0.05) is 19.1 Å². The monoisotopic (exact) mass is 448 g/mol. The van der Waals surface area contributed by atoms with Crippen LogP contribution < -0.4 is 21.3 Å². The molecule has 3 amide bonds. The largest absolute Gasteiger partial charge is 0.444 e. The van der Waals surface area contributed by atoms with E-state index >= 15 is 0 Å². The van der Waals surface area contributed by atoms with Gasteiger partial charge in [0.1, 0.15) is 11.6 Å². The van der Waals surface area contributed by atoms with E-state index in [4.69, 9.17) is 4.74 Å². The molecule has 0 heterocycles. The number of benzene rings is 1. The van der Waals surface area contributed by atoms with Crippen LogP contribution in [0.3, 0.4) is 0 Å². The van der Waals surface area contributed by atoms with E-state index in [0.717, 1.165) is 5.56 Å². The van der Waals surface area contributed by atoms with Gasteiger partial charge < -0.3 is 26.0 Å². The number of ether oxygens (including phenoxy) is 1. The molecular weight excluding hydrogens is 408 g/mol. The lowest BCUT2D eigenvalue weighted by Crippen LogP contribution is -2.55. The van der Waals surface area contributed by atoms with Gasteiger partial charge in [-0.05, 0) is 52.5 Å². The van der Waals surface area contributed by atoms with Gasteiger partial charge in [0.05, 0.1) is 6.04 Å². The van der Waals surface area contributed by atoms with Gasteiger partial charge in [-0.3, -0.25) is 9.59 Å². The molecule has 0 saturated carbocycles. The highest BCUT2D eigenvalue weighted by Crippen LogP contribution is 2.09. The Kier molecular flexibility index (Phi) is 11.2. The topological polar surface area (TPSA) is 109 Å². The van der Waals surface area contributed by atoms with Crippen LogP contribution in [0.4, 0.5) is 4.79 Å². The number of carbonyl (C=O) groups is 3. The van der Waals surface area contributed by atoms with Crippen LogP contribution >= 0.6 is 0 Å². The Morgan fingerprint density at radius 3 is 2.12 bits per heavy atom. The predicted octanol–water partition coefficient (Wildman–Crippen LogP) is 2.38. The number of hydrogen-bond donors (Lipinski definition) is 4. The number of amides is 3. The third-order valence-corrected chi connectivity index (χ3v) is 4.71. The summed E-state index contributed by atoms with van der Waals surface area (Å²) < 4.78 is 5.39. The van der Waals surface area contributed by atoms with Crippen molar-refractivity contribution in [1.29, 1.82) is 0 Å². The van der Waals surface area contributed by atoms with E-state index in [1.165, 1.54) is 0 Å². The minimum Gasteiger partial charge on any atom is -0.444 e. The van der Waals surface area contributed by atoms with Crippen molar-refractivity contribution < 1.29 is 19.1 Å². The summed E-state index contributed by atoms with van der Waals surface area (Å²) in [6.07, 6.45) is 0.0723. The summed E-state index contributed by atoms with van der Waals surface area (Å²) in [6.45, 7) is 13.6. The molecule has 0 aliphatic rings. The summed E-state index contributed by atoms with van der Waals surface area (Å²) in [7, 11) is 0. The number of likely N-dealkylation sites (N-methyl/N-ethyl adjacent to an activating group) is 1. The predicted molar refractivity (Wildman–Crippen MR) is 126 cm³/mol. The van der Waals surface area contributed by atoms with Crippen molar-refractivity contribution in [2.75, 3.05) is 13.1 Å². The fraction of sp³-hybridized carbons (Fsp3) is 0.625. The van der Waals surface area contributed by atoms with Gasteiger partial charge in [-0.15, -0.1) is 0 Å². The van der Waals surface area contributed by atoms with Crippen LogP contribution in [0.5, 0.6) is 0 Å². The molecule has 1 aromatic carbocycles. The molecule has 2 unspecified atom stereocenters. The lowest BCUT2D eigenvalue weighted by molar-refractivity contribution is -0.130. The minimum absolute atomic E-state index is 0.0441. The van der Waals surface area contributed by atoms with Crippen LogP contribution in [0.2, 0.25) is 0 Å². The Morgan fingerprint density at radius 1 is 0.969 bits per heavy atom. The Bertz CT molecular complexity index is 731. The second-order valence-corrected chi connectivity index (χ2v) is 9.29. The molecule has 1 aromatic rings. The third-order valence-electron chi connectivity index (χ3n) is 4.71. The van der Waals surface area contributed by atoms with E-state index in [-0.39, 0.29) is 23.8 Å². The summed E-state index contributed by atoms with van der Waals surface area (Å²) in [5.74, 6) is -0.514. The lowest BCUT2D eigenvalue weighted by atomic mass is 10.0. The molecule has 0 bridgehead atoms. The molecule has 0 aliphatic carbocycles. The van der Waals surface area contributed by atoms with E-state index in [9.17, 15) is 14.4 Å². The maximum Gasteiger partial charge on any atom is 0.407 e. The van der Waals surface area contributed by atoms with Gasteiger partial charge in [-0.1, -0.05) is 44.2 Å². The van der Waals surface area contributed by atoms with Crippen LogP contribution in [0.1, 0.15) is 54.0 Å². The molecule has 0 aliphatic heterocycles. The smallest absolute Gasteiger partial charge is 0.407 e. The third kappa shape index (κ3) is 10.6. The Hall–Kier alpha value is -2.61. The van der Waals surface area contributed by atoms with Gasteiger partial charge in [-0.25, -0.2) is 4.79 Å². The van der Waals surface area contributed by atoms with Gasteiger partial charge in [0.15, 0.2) is 0 Å². The van der Waals surface area contributed by atoms with Crippen LogP contribution in [0.25, 0.3) is 0 Å². The molecule has 4 N–H and O–H groups in total. The van der Waals surface area contributed by atoms with Crippen molar-refractivity contribution in [2.45, 2.75) is 78.6 Å². The maximum atomic E-state index is 12.7. The Labute approximate surface area is 192 Å². The highest BCUT2D eigenvalue weighted by molar-refractivity contribution is 5.89. The van der Waals surface area contributed by atoms with Crippen LogP contribution in [-0.2, 0) is 20.7 Å². The standard InChI is InChI=1S/C24H40N4O4/c1-8-25-22(30)20(16(2)3)28-21(29)17(4)26-15-19(14-18-12-10-9-11-13-18)27-23(31)32-24(5,6)7/h9-13,16-17,19-20,26H,8,14-15H2,1-7H3,(H,25,30)(H,27,31)(H,28,29)/t17-,19?,20?/m0/s1. The average Bonchev–Trinajstić information content (AvgIpc) is 2.68. The number of carbonyl (C=O) groups excluding carboxylic acids is 3. The SMILES string of the molecule is CCNC(=O)C(NC(=O)[C@H](C)NCC(Cc1ccccc1)NC(=O)OC(C)(C)C)C(C)C. The Balaban J connectivity index is 2.76. The zero-order valence-corrected chi connectivity index (χ0v) is 20.5. The average molecular weight is 449 g/mol. The number of nitrogens with one attached hydrogen (secondary N) is 4. The highest BCUT2D eigenvalue weighted by atomic mass is 16.6. The van der Waals surface area contributed by atoms with Crippen LogP contribution in [-0.4, -0.2) is 54.7 Å². The number of rotatable bonds is 11. The molecule has 3 atom stereocenters. The van der Waals surface area contributed by atoms with Crippen molar-refractivity contribution in [1.82, 2.24) is 21.3 Å². The summed E-state index contributed by atoms with van der Waals surface area (Å²) in [5, 5.41) is 11.6. The summed E-state index contributed by atoms with van der Waals surface area (Å²) in [4.78, 5) is 37.2. The van der Waals surface area contributed by atoms with Gasteiger partial charge >= 0.3 is 6.09 Å². The molecule has 0 aromatic heterocycles. The molecule has 0 radical (unpaired) electrons. The summed E-state index contributed by atoms with van der Waals surface area (Å²) in [6, 6.07) is 8.35. The molecule has 0 spiro atoms.